The Bertz CT molecular complexity index is 1410. The maximum absolute atomic E-state index is 13.0. The SMILES string of the molecule is CCN(CC)c1cc(NC(=O)OC(C)(C)C)c(NC(=O)CC(=O)c2cccc(-c3cc(C)no3)c2)cc1C#N. The van der Waals surface area contributed by atoms with Gasteiger partial charge in [-0.25, -0.2) is 4.79 Å². The van der Waals surface area contributed by atoms with Crippen LogP contribution in [-0.2, 0) is 9.53 Å². The molecule has 0 spiro atoms. The van der Waals surface area contributed by atoms with Gasteiger partial charge in [0.05, 0.1) is 34.7 Å². The van der Waals surface area contributed by atoms with Crippen LogP contribution < -0.4 is 15.5 Å². The van der Waals surface area contributed by atoms with Crippen LogP contribution in [-0.4, -0.2) is 41.6 Å². The van der Waals surface area contributed by atoms with Gasteiger partial charge in [-0.2, -0.15) is 5.26 Å². The molecule has 0 aliphatic heterocycles. The number of aromatic nitrogens is 1. The summed E-state index contributed by atoms with van der Waals surface area (Å²) in [6.45, 7) is 12.2. The second-order valence-corrected chi connectivity index (χ2v) is 9.89. The number of nitrogens with one attached hydrogen (secondary N) is 2. The van der Waals surface area contributed by atoms with Crippen LogP contribution in [0.3, 0.4) is 0 Å². The molecule has 0 atom stereocenters. The molecular weight excluding hydrogens is 498 g/mol. The minimum atomic E-state index is -0.743. The van der Waals surface area contributed by atoms with Gasteiger partial charge in [0.25, 0.3) is 0 Å². The molecular formula is C29H33N5O5. The number of benzene rings is 2. The second kappa shape index (κ2) is 12.3. The molecule has 0 aliphatic rings. The molecule has 3 rings (SSSR count). The van der Waals surface area contributed by atoms with Gasteiger partial charge in [-0.05, 0) is 59.7 Å². The largest absolute Gasteiger partial charge is 0.444 e. The van der Waals surface area contributed by atoms with Gasteiger partial charge in [-0.3, -0.25) is 14.9 Å². The summed E-state index contributed by atoms with van der Waals surface area (Å²) in [7, 11) is 0. The Morgan fingerprint density at radius 2 is 1.74 bits per heavy atom. The van der Waals surface area contributed by atoms with Crippen LogP contribution in [0.2, 0.25) is 0 Å². The number of hydrogen-bond donors (Lipinski definition) is 2. The van der Waals surface area contributed by atoms with Gasteiger partial charge in [0.2, 0.25) is 5.91 Å². The van der Waals surface area contributed by atoms with E-state index >= 15 is 0 Å². The first-order valence-corrected chi connectivity index (χ1v) is 12.6. The van der Waals surface area contributed by atoms with E-state index in [1.807, 2.05) is 18.7 Å². The lowest BCUT2D eigenvalue weighted by Gasteiger charge is -2.25. The minimum absolute atomic E-state index is 0.178. The molecule has 0 unspecified atom stereocenters. The van der Waals surface area contributed by atoms with Gasteiger partial charge in [-0.15, -0.1) is 0 Å². The fraction of sp³-hybridized carbons (Fsp3) is 0.345. The Labute approximate surface area is 227 Å². The summed E-state index contributed by atoms with van der Waals surface area (Å²) in [5.41, 5.74) is 2.29. The van der Waals surface area contributed by atoms with Crippen molar-refractivity contribution < 1.29 is 23.6 Å². The van der Waals surface area contributed by atoms with Crippen molar-refractivity contribution in [1.82, 2.24) is 5.16 Å². The molecule has 0 saturated heterocycles. The minimum Gasteiger partial charge on any atom is -0.444 e. The highest BCUT2D eigenvalue weighted by atomic mass is 16.6. The van der Waals surface area contributed by atoms with E-state index in [1.54, 1.807) is 64.1 Å². The van der Waals surface area contributed by atoms with E-state index in [0.29, 0.717) is 46.9 Å². The van der Waals surface area contributed by atoms with Gasteiger partial charge in [0.1, 0.15) is 11.7 Å². The highest BCUT2D eigenvalue weighted by Crippen LogP contribution is 2.33. The van der Waals surface area contributed by atoms with E-state index in [2.05, 4.69) is 21.9 Å². The maximum atomic E-state index is 13.0. The van der Waals surface area contributed by atoms with Crippen LogP contribution in [0.25, 0.3) is 11.3 Å². The van der Waals surface area contributed by atoms with Crippen molar-refractivity contribution in [2.24, 2.45) is 0 Å². The monoisotopic (exact) mass is 531 g/mol. The fourth-order valence-corrected chi connectivity index (χ4v) is 3.91. The number of Topliss-reactive ketones (excluding diaryl/α,β-unsaturated/α-hetero) is 1. The Morgan fingerprint density at radius 3 is 2.33 bits per heavy atom. The predicted octanol–water partition coefficient (Wildman–Crippen LogP) is 5.93. The molecule has 0 fully saturated rings. The molecule has 3 aromatic rings. The Morgan fingerprint density at radius 1 is 1.05 bits per heavy atom. The number of hydrogen-bond acceptors (Lipinski definition) is 8. The molecule has 204 valence electrons. The molecule has 0 saturated carbocycles. The lowest BCUT2D eigenvalue weighted by atomic mass is 10.0. The average molecular weight is 532 g/mol. The quantitative estimate of drug-likeness (QED) is 0.256. The smallest absolute Gasteiger partial charge is 0.412 e. The second-order valence-electron chi connectivity index (χ2n) is 9.89. The number of carbonyl (C=O) groups excluding carboxylic acids is 3. The van der Waals surface area contributed by atoms with Crippen molar-refractivity contribution in [1.29, 1.82) is 5.26 Å². The molecule has 0 radical (unpaired) electrons. The predicted molar refractivity (Wildman–Crippen MR) is 149 cm³/mol. The number of ketones is 1. The Hall–Kier alpha value is -4.65. The van der Waals surface area contributed by atoms with E-state index in [0.717, 1.165) is 0 Å². The summed E-state index contributed by atoms with van der Waals surface area (Å²) >= 11 is 0. The van der Waals surface area contributed by atoms with E-state index in [9.17, 15) is 19.6 Å². The fourth-order valence-electron chi connectivity index (χ4n) is 3.91. The molecule has 1 aromatic heterocycles. The Balaban J connectivity index is 1.86. The van der Waals surface area contributed by atoms with Crippen LogP contribution in [0, 0.1) is 18.3 Å². The van der Waals surface area contributed by atoms with E-state index in [1.165, 1.54) is 6.07 Å². The summed E-state index contributed by atoms with van der Waals surface area (Å²) in [6, 6.07) is 13.7. The summed E-state index contributed by atoms with van der Waals surface area (Å²) in [6.07, 6.45) is -1.17. The molecule has 0 bridgehead atoms. The highest BCUT2D eigenvalue weighted by Gasteiger charge is 2.22. The first-order valence-electron chi connectivity index (χ1n) is 12.6. The number of carbonyl (C=O) groups is 3. The molecule has 10 nitrogen and oxygen atoms in total. The number of nitrogens with zero attached hydrogens (tertiary/aromatic N) is 3. The van der Waals surface area contributed by atoms with Crippen molar-refractivity contribution >= 4 is 34.8 Å². The van der Waals surface area contributed by atoms with Gasteiger partial charge in [0, 0.05) is 30.3 Å². The number of rotatable bonds is 9. The number of amides is 2. The normalized spacial score (nSPS) is 10.9. The molecule has 39 heavy (non-hydrogen) atoms. The van der Waals surface area contributed by atoms with Gasteiger partial charge < -0.3 is 19.5 Å². The van der Waals surface area contributed by atoms with Crippen molar-refractivity contribution in [3.05, 3.63) is 59.3 Å². The molecule has 2 amide bonds. The third kappa shape index (κ3) is 7.68. The van der Waals surface area contributed by atoms with Crippen LogP contribution in [0.4, 0.5) is 21.9 Å². The first kappa shape index (κ1) is 28.9. The zero-order chi connectivity index (χ0) is 28.7. The standard InChI is InChI=1S/C29H33N5O5/c1-7-34(8-2)24-15-23(32-28(37)38-29(4,5)6)22(14-21(24)17-30)31-27(36)16-25(35)19-10-9-11-20(13-19)26-12-18(3)33-39-26/h9-15H,7-8,16H2,1-6H3,(H,31,36)(H,32,37). The Kier molecular flexibility index (Phi) is 9.09. The van der Waals surface area contributed by atoms with Gasteiger partial charge in [0.15, 0.2) is 11.5 Å². The average Bonchev–Trinajstić information content (AvgIpc) is 3.31. The lowest BCUT2D eigenvalue weighted by Crippen LogP contribution is -2.28. The van der Waals surface area contributed by atoms with Crippen LogP contribution in [0.5, 0.6) is 0 Å². The van der Waals surface area contributed by atoms with Crippen molar-refractivity contribution in [2.75, 3.05) is 28.6 Å². The zero-order valence-electron chi connectivity index (χ0n) is 23.0. The third-order valence-electron chi connectivity index (χ3n) is 5.69. The van der Waals surface area contributed by atoms with Crippen molar-refractivity contribution in [3.8, 4) is 17.4 Å². The topological polar surface area (TPSA) is 138 Å². The van der Waals surface area contributed by atoms with Crippen molar-refractivity contribution in [3.63, 3.8) is 0 Å². The van der Waals surface area contributed by atoms with Gasteiger partial charge in [-0.1, -0.05) is 23.4 Å². The number of ether oxygens (including phenoxy) is 1. The van der Waals surface area contributed by atoms with E-state index in [-0.39, 0.29) is 11.4 Å². The molecule has 10 heteroatoms. The number of nitriles is 1. The van der Waals surface area contributed by atoms with Gasteiger partial charge >= 0.3 is 6.09 Å². The number of anilines is 3. The van der Waals surface area contributed by atoms with Crippen LogP contribution in [0.15, 0.2) is 47.0 Å². The molecule has 2 aromatic carbocycles. The zero-order valence-corrected chi connectivity index (χ0v) is 23.0. The van der Waals surface area contributed by atoms with E-state index in [4.69, 9.17) is 9.26 Å². The molecule has 1 heterocycles. The highest BCUT2D eigenvalue weighted by molar-refractivity contribution is 6.12. The summed E-state index contributed by atoms with van der Waals surface area (Å²) in [4.78, 5) is 40.4. The summed E-state index contributed by atoms with van der Waals surface area (Å²) in [5.74, 6) is -0.498. The molecule has 0 aliphatic carbocycles. The maximum Gasteiger partial charge on any atom is 0.412 e. The molecule has 2 N–H and O–H groups in total. The lowest BCUT2D eigenvalue weighted by molar-refractivity contribution is -0.115. The number of aryl methyl sites for hydroxylation is 1. The third-order valence-corrected chi connectivity index (χ3v) is 5.69. The van der Waals surface area contributed by atoms with E-state index < -0.39 is 29.8 Å². The summed E-state index contributed by atoms with van der Waals surface area (Å²) in [5, 5.41) is 19.0. The van der Waals surface area contributed by atoms with Crippen LogP contribution >= 0.6 is 0 Å². The first-order chi connectivity index (χ1) is 18.4. The van der Waals surface area contributed by atoms with Crippen molar-refractivity contribution in [2.45, 2.75) is 53.6 Å². The van der Waals surface area contributed by atoms with Crippen LogP contribution in [0.1, 0.15) is 62.7 Å². The summed E-state index contributed by atoms with van der Waals surface area (Å²) < 4.78 is 10.6.